The fraction of sp³-hybridized carbons (Fsp3) is 0.308. The van der Waals surface area contributed by atoms with E-state index in [-0.39, 0.29) is 40.1 Å². The fourth-order valence-electron chi connectivity index (χ4n) is 3.59. The predicted molar refractivity (Wildman–Crippen MR) is 126 cm³/mol. The summed E-state index contributed by atoms with van der Waals surface area (Å²) in [6, 6.07) is 14.0. The SMILES string of the molecule is COc1ccc(C(=O)/C=C\[N-][C@@H]2CCCC[C@H]2[N-]/C=C\C(=O)c2ccc(OC)cc2)cc1.[Ni+2]. The van der Waals surface area contributed by atoms with Gasteiger partial charge in [-0.15, -0.1) is 12.1 Å². The van der Waals surface area contributed by atoms with Gasteiger partial charge in [-0.1, -0.05) is 25.7 Å². The Morgan fingerprint density at radius 2 is 1.09 bits per heavy atom. The molecule has 2 aromatic carbocycles. The molecule has 1 aliphatic rings. The predicted octanol–water partition coefficient (Wildman–Crippen LogP) is 5.85. The molecule has 2 atom stereocenters. The van der Waals surface area contributed by atoms with E-state index in [1.54, 1.807) is 75.2 Å². The average Bonchev–Trinajstić information content (AvgIpc) is 2.85. The maximum absolute atomic E-state index is 12.3. The first-order chi connectivity index (χ1) is 15.6. The van der Waals surface area contributed by atoms with E-state index in [0.717, 1.165) is 25.7 Å². The topological polar surface area (TPSA) is 80.8 Å². The van der Waals surface area contributed by atoms with Crippen molar-refractivity contribution in [3.8, 4) is 11.5 Å². The molecule has 7 heteroatoms. The van der Waals surface area contributed by atoms with Gasteiger partial charge < -0.3 is 20.1 Å². The van der Waals surface area contributed by atoms with Gasteiger partial charge in [-0.3, -0.25) is 9.59 Å². The van der Waals surface area contributed by atoms with Gasteiger partial charge in [-0.2, -0.15) is 12.4 Å². The molecule has 0 amide bonds. The number of carbonyl (C=O) groups is 2. The fourth-order valence-corrected chi connectivity index (χ4v) is 3.59. The molecule has 0 aromatic heterocycles. The van der Waals surface area contributed by atoms with E-state index in [0.29, 0.717) is 22.6 Å². The van der Waals surface area contributed by atoms with Gasteiger partial charge in [0.25, 0.3) is 0 Å². The van der Waals surface area contributed by atoms with E-state index in [1.165, 1.54) is 12.2 Å². The Kier molecular flexibility index (Phi) is 10.7. The van der Waals surface area contributed by atoms with Gasteiger partial charge >= 0.3 is 16.5 Å². The van der Waals surface area contributed by atoms with Crippen molar-refractivity contribution >= 4 is 11.6 Å². The summed E-state index contributed by atoms with van der Waals surface area (Å²) in [5, 5.41) is 9.17. The smallest absolute Gasteiger partial charge is 0.689 e. The Labute approximate surface area is 205 Å². The molecule has 0 N–H and O–H groups in total. The molecule has 1 saturated carbocycles. The van der Waals surface area contributed by atoms with Gasteiger partial charge in [0, 0.05) is 11.1 Å². The number of ketones is 2. The maximum Gasteiger partial charge on any atom is 2.00 e. The molecule has 6 nitrogen and oxygen atoms in total. The largest absolute Gasteiger partial charge is 2.00 e. The second-order valence-electron chi connectivity index (χ2n) is 7.53. The maximum atomic E-state index is 12.3. The zero-order valence-corrected chi connectivity index (χ0v) is 19.7. The second kappa shape index (κ2) is 13.5. The van der Waals surface area contributed by atoms with Crippen LogP contribution in [0.4, 0.5) is 0 Å². The molecule has 1 aliphatic carbocycles. The van der Waals surface area contributed by atoms with Gasteiger partial charge in [-0.05, 0) is 60.7 Å². The van der Waals surface area contributed by atoms with E-state index in [2.05, 4.69) is 10.6 Å². The standard InChI is InChI=1S/C26H30N2O4.Ni/c1-31-21-11-7-19(8-12-21)25(29)15-17-27-23-5-3-4-6-24(23)28-18-16-26(30)20-9-13-22(32-2)14-10-20;/h7-18,23-24H,3-6H2,1-2H3,(H2,27,28,29,30);/q;+2/p-2/t23-,24-;/m1./s1. The average molecular weight is 491 g/mol. The van der Waals surface area contributed by atoms with Gasteiger partial charge in [0.2, 0.25) is 0 Å². The van der Waals surface area contributed by atoms with Gasteiger partial charge in [-0.25, -0.2) is 0 Å². The quantitative estimate of drug-likeness (QED) is 0.237. The number of nitrogens with zero attached hydrogens (tertiary/aromatic N) is 2. The van der Waals surface area contributed by atoms with Crippen molar-refractivity contribution < 1.29 is 35.6 Å². The van der Waals surface area contributed by atoms with E-state index in [9.17, 15) is 9.59 Å². The van der Waals surface area contributed by atoms with E-state index < -0.39 is 0 Å². The molecule has 0 bridgehead atoms. The second-order valence-corrected chi connectivity index (χ2v) is 7.53. The molecule has 0 heterocycles. The molecule has 33 heavy (non-hydrogen) atoms. The van der Waals surface area contributed by atoms with Crippen LogP contribution in [0.1, 0.15) is 46.4 Å². The van der Waals surface area contributed by atoms with E-state index in [4.69, 9.17) is 9.47 Å². The number of hydrogen-bond donors (Lipinski definition) is 0. The van der Waals surface area contributed by atoms with Crippen LogP contribution in [0.15, 0.2) is 73.1 Å². The van der Waals surface area contributed by atoms with E-state index in [1.807, 2.05) is 0 Å². The Bertz CT molecular complexity index is 876. The Hall–Kier alpha value is -3.05. The summed E-state index contributed by atoms with van der Waals surface area (Å²) < 4.78 is 10.2. The molecule has 0 unspecified atom stereocenters. The molecule has 176 valence electrons. The third kappa shape index (κ3) is 7.79. The number of ether oxygens (including phenoxy) is 2. The Morgan fingerprint density at radius 3 is 1.42 bits per heavy atom. The molecule has 1 fully saturated rings. The summed E-state index contributed by atoms with van der Waals surface area (Å²) in [6.45, 7) is 0. The van der Waals surface area contributed by atoms with Crippen LogP contribution in [0.25, 0.3) is 10.6 Å². The van der Waals surface area contributed by atoms with Crippen LogP contribution in [0.3, 0.4) is 0 Å². The van der Waals surface area contributed by atoms with Crippen LogP contribution < -0.4 is 9.47 Å². The van der Waals surface area contributed by atoms with Crippen LogP contribution in [0.5, 0.6) is 11.5 Å². The third-order valence-corrected chi connectivity index (χ3v) is 5.45. The summed E-state index contributed by atoms with van der Waals surface area (Å²) in [5.74, 6) is 1.21. The van der Waals surface area contributed by atoms with Crippen molar-refractivity contribution in [1.82, 2.24) is 0 Å². The van der Waals surface area contributed by atoms with Gasteiger partial charge in [0.15, 0.2) is 11.6 Å². The van der Waals surface area contributed by atoms with Crippen molar-refractivity contribution in [3.63, 3.8) is 0 Å². The van der Waals surface area contributed by atoms with Crippen LogP contribution in [0.2, 0.25) is 0 Å². The molecular weight excluding hydrogens is 463 g/mol. The Morgan fingerprint density at radius 1 is 0.727 bits per heavy atom. The first-order valence-corrected chi connectivity index (χ1v) is 10.7. The summed E-state index contributed by atoms with van der Waals surface area (Å²) in [7, 11) is 3.18. The molecule has 3 rings (SSSR count). The summed E-state index contributed by atoms with van der Waals surface area (Å²) in [5.41, 5.74) is 1.17. The van der Waals surface area contributed by atoms with Crippen LogP contribution >= 0.6 is 0 Å². The zero-order valence-electron chi connectivity index (χ0n) is 18.8. The monoisotopic (exact) mass is 490 g/mol. The van der Waals surface area contributed by atoms with Crippen molar-refractivity contribution in [2.24, 2.45) is 0 Å². The number of carbonyl (C=O) groups excluding carboxylic acids is 2. The van der Waals surface area contributed by atoms with Crippen molar-refractivity contribution in [1.29, 1.82) is 0 Å². The molecular formula is C26H28N2NiO4. The third-order valence-electron chi connectivity index (χ3n) is 5.45. The van der Waals surface area contributed by atoms with Crippen molar-refractivity contribution in [2.45, 2.75) is 37.8 Å². The molecule has 0 saturated heterocycles. The molecule has 0 aliphatic heterocycles. The molecule has 0 spiro atoms. The number of rotatable bonds is 10. The van der Waals surface area contributed by atoms with Gasteiger partial charge in [0.05, 0.1) is 14.2 Å². The van der Waals surface area contributed by atoms with Gasteiger partial charge in [0.1, 0.15) is 11.5 Å². The van der Waals surface area contributed by atoms with Crippen LogP contribution in [-0.4, -0.2) is 37.9 Å². The van der Waals surface area contributed by atoms with Crippen molar-refractivity contribution in [2.75, 3.05) is 14.2 Å². The first kappa shape index (κ1) is 26.2. The number of allylic oxidation sites excluding steroid dienone is 2. The zero-order chi connectivity index (χ0) is 22.8. The minimum Gasteiger partial charge on any atom is -0.689 e. The normalized spacial score (nSPS) is 17.9. The number of benzene rings is 2. The minimum absolute atomic E-state index is 0. The number of methoxy groups -OCH3 is 2. The Balaban J connectivity index is 0.00000385. The minimum atomic E-state index is -0.106. The first-order valence-electron chi connectivity index (χ1n) is 10.7. The summed E-state index contributed by atoms with van der Waals surface area (Å²) in [4.78, 5) is 24.6. The van der Waals surface area contributed by atoms with Crippen molar-refractivity contribution in [3.05, 3.63) is 94.8 Å². The molecule has 2 aromatic rings. The summed E-state index contributed by atoms with van der Waals surface area (Å²) >= 11 is 0. The van der Waals surface area contributed by atoms with Crippen LogP contribution in [-0.2, 0) is 16.5 Å². The summed E-state index contributed by atoms with van der Waals surface area (Å²) in [6.07, 6.45) is 10.1. The molecule has 0 radical (unpaired) electrons. The van der Waals surface area contributed by atoms with Crippen LogP contribution in [0, 0.1) is 0 Å². The number of hydrogen-bond acceptors (Lipinski definition) is 4. The van der Waals surface area contributed by atoms with E-state index >= 15 is 0 Å².